The van der Waals surface area contributed by atoms with Crippen molar-refractivity contribution < 1.29 is 28.8 Å². The molecule has 3 N–H and O–H groups in total. The van der Waals surface area contributed by atoms with Crippen molar-refractivity contribution in [3.63, 3.8) is 0 Å². The van der Waals surface area contributed by atoms with Crippen LogP contribution in [0.3, 0.4) is 0 Å². The zero-order valence-corrected chi connectivity index (χ0v) is 25.1. The lowest BCUT2D eigenvalue weighted by Crippen LogP contribution is -2.52. The van der Waals surface area contributed by atoms with Crippen LogP contribution in [0.4, 0.5) is 11.4 Å². The summed E-state index contributed by atoms with van der Waals surface area (Å²) in [7, 11) is 0. The number of aromatic nitrogens is 1. The van der Waals surface area contributed by atoms with E-state index < -0.39 is 35.8 Å². The number of aliphatic carboxylic acids is 1. The van der Waals surface area contributed by atoms with Gasteiger partial charge in [0.25, 0.3) is 11.8 Å². The molecule has 0 saturated heterocycles. The topological polar surface area (TPSA) is 142 Å². The van der Waals surface area contributed by atoms with Gasteiger partial charge in [0.05, 0.1) is 16.4 Å². The van der Waals surface area contributed by atoms with E-state index in [2.05, 4.69) is 15.8 Å². The van der Waals surface area contributed by atoms with Gasteiger partial charge < -0.3 is 20.3 Å². The zero-order valence-electron chi connectivity index (χ0n) is 24.3. The first-order chi connectivity index (χ1) is 21.0. The number of benzene rings is 3. The molecule has 2 unspecified atom stereocenters. The molecule has 2 atom stereocenters. The van der Waals surface area contributed by atoms with Crippen LogP contribution in [0.5, 0.6) is 0 Å². The monoisotopic (exact) mass is 614 g/mol. The molecule has 3 amide bonds. The minimum Gasteiger partial charge on any atom is -0.480 e. The Morgan fingerprint density at radius 3 is 2.45 bits per heavy atom. The number of nitrogens with one attached hydrogen (secondary N) is 2. The number of anilines is 2. The number of rotatable bonds is 9. The molecule has 226 valence electrons. The number of hydrogen-bond acceptors (Lipinski definition) is 6. The van der Waals surface area contributed by atoms with Gasteiger partial charge in [-0.1, -0.05) is 79.1 Å². The van der Waals surface area contributed by atoms with Crippen LogP contribution in [0, 0.1) is 12.8 Å². The van der Waals surface area contributed by atoms with Gasteiger partial charge in [0, 0.05) is 17.5 Å². The molecule has 2 heterocycles. The number of fused-ring (bicyclic) bond motifs is 1. The van der Waals surface area contributed by atoms with Gasteiger partial charge in [-0.3, -0.25) is 19.3 Å². The summed E-state index contributed by atoms with van der Waals surface area (Å²) in [5, 5.41) is 19.7. The van der Waals surface area contributed by atoms with Gasteiger partial charge in [0.15, 0.2) is 0 Å². The van der Waals surface area contributed by atoms with Crippen molar-refractivity contribution in [1.82, 2.24) is 10.5 Å². The Balaban J connectivity index is 1.51. The van der Waals surface area contributed by atoms with Crippen molar-refractivity contribution in [2.75, 3.05) is 10.2 Å². The summed E-state index contributed by atoms with van der Waals surface area (Å²) in [4.78, 5) is 54.4. The average Bonchev–Trinajstić information content (AvgIpc) is 3.37. The standard InChI is InChI=1S/C33H31ClN4O6/c1-18(2)15-27-31(40)35-24-17-21(30(39)36-25(33(42)43)16-20-9-5-4-6-10-20)13-14-26(24)38(27)32(41)28-19(3)44-37-29(28)22-11-7-8-12-23(22)34/h4-14,17-18,25,27H,15-16H2,1-3H3,(H,35,40)(H,36,39)(H,42,43). The molecule has 0 aliphatic carbocycles. The lowest BCUT2D eigenvalue weighted by molar-refractivity contribution is -0.139. The van der Waals surface area contributed by atoms with Crippen molar-refractivity contribution >= 4 is 46.7 Å². The maximum absolute atomic E-state index is 14.4. The van der Waals surface area contributed by atoms with Gasteiger partial charge in [0.2, 0.25) is 5.91 Å². The molecule has 11 heteroatoms. The highest BCUT2D eigenvalue weighted by Crippen LogP contribution is 2.39. The number of hydrogen-bond donors (Lipinski definition) is 3. The van der Waals surface area contributed by atoms with E-state index >= 15 is 0 Å². The molecule has 3 aromatic carbocycles. The quantitative estimate of drug-likeness (QED) is 0.218. The van der Waals surface area contributed by atoms with E-state index in [1.807, 2.05) is 19.9 Å². The third-order valence-corrected chi connectivity index (χ3v) is 7.73. The molecule has 1 aliphatic heterocycles. The van der Waals surface area contributed by atoms with Crippen LogP contribution in [0.25, 0.3) is 11.3 Å². The minimum absolute atomic E-state index is 0.0665. The normalized spacial score (nSPS) is 15.0. The van der Waals surface area contributed by atoms with Crippen molar-refractivity contribution in [2.45, 2.75) is 45.7 Å². The lowest BCUT2D eigenvalue weighted by atomic mass is 9.95. The largest absolute Gasteiger partial charge is 0.480 e. The van der Waals surface area contributed by atoms with E-state index in [-0.39, 0.29) is 40.6 Å². The van der Waals surface area contributed by atoms with E-state index in [9.17, 15) is 24.3 Å². The van der Waals surface area contributed by atoms with Crippen molar-refractivity contribution in [2.24, 2.45) is 5.92 Å². The van der Waals surface area contributed by atoms with E-state index in [0.29, 0.717) is 22.7 Å². The number of nitrogens with zero attached hydrogens (tertiary/aromatic N) is 2. The van der Waals surface area contributed by atoms with Crippen LogP contribution in [0.1, 0.15) is 52.3 Å². The second kappa shape index (κ2) is 12.7. The van der Waals surface area contributed by atoms with Crippen molar-refractivity contribution in [1.29, 1.82) is 0 Å². The van der Waals surface area contributed by atoms with Crippen LogP contribution in [-0.2, 0) is 16.0 Å². The van der Waals surface area contributed by atoms with Crippen LogP contribution in [0.2, 0.25) is 5.02 Å². The summed E-state index contributed by atoms with van der Waals surface area (Å²) in [6.45, 7) is 5.52. The average molecular weight is 615 g/mol. The molecule has 0 spiro atoms. The Hall–Kier alpha value is -4.96. The maximum atomic E-state index is 14.4. The maximum Gasteiger partial charge on any atom is 0.326 e. The summed E-state index contributed by atoms with van der Waals surface area (Å²) < 4.78 is 5.44. The van der Waals surface area contributed by atoms with Crippen LogP contribution in [0.15, 0.2) is 77.3 Å². The number of carbonyl (C=O) groups excluding carboxylic acids is 3. The molecule has 1 aliphatic rings. The summed E-state index contributed by atoms with van der Waals surface area (Å²) in [5.41, 5.74) is 2.41. The summed E-state index contributed by atoms with van der Waals surface area (Å²) in [6, 6.07) is 18.4. The smallest absolute Gasteiger partial charge is 0.326 e. The Morgan fingerprint density at radius 2 is 1.77 bits per heavy atom. The van der Waals surface area contributed by atoms with E-state index in [1.165, 1.54) is 17.0 Å². The fourth-order valence-electron chi connectivity index (χ4n) is 5.27. The molecular formula is C33H31ClN4O6. The number of halogens is 1. The van der Waals surface area contributed by atoms with Crippen molar-refractivity contribution in [3.8, 4) is 11.3 Å². The second-order valence-corrected chi connectivity index (χ2v) is 11.4. The fraction of sp³-hybridized carbons (Fsp3) is 0.242. The van der Waals surface area contributed by atoms with Gasteiger partial charge in [-0.05, 0) is 49.1 Å². The highest BCUT2D eigenvalue weighted by Gasteiger charge is 2.40. The van der Waals surface area contributed by atoms with Gasteiger partial charge in [-0.15, -0.1) is 0 Å². The van der Waals surface area contributed by atoms with Gasteiger partial charge >= 0.3 is 5.97 Å². The Labute approximate surface area is 259 Å². The number of carboxylic acids is 1. The molecule has 0 saturated carbocycles. The fourth-order valence-corrected chi connectivity index (χ4v) is 5.50. The summed E-state index contributed by atoms with van der Waals surface area (Å²) in [5.74, 6) is -2.42. The van der Waals surface area contributed by atoms with E-state index in [0.717, 1.165) is 5.56 Å². The van der Waals surface area contributed by atoms with Crippen molar-refractivity contribution in [3.05, 3.63) is 100 Å². The Kier molecular flexibility index (Phi) is 8.82. The van der Waals surface area contributed by atoms with E-state index in [4.69, 9.17) is 16.1 Å². The Morgan fingerprint density at radius 1 is 1.07 bits per heavy atom. The SMILES string of the molecule is Cc1onc(-c2ccccc2Cl)c1C(=O)N1c2ccc(C(=O)NC(Cc3ccccc3)C(=O)O)cc2NC(=O)C1CC(C)C. The molecule has 4 aromatic rings. The highest BCUT2D eigenvalue weighted by molar-refractivity contribution is 6.33. The molecule has 0 fully saturated rings. The predicted octanol–water partition coefficient (Wildman–Crippen LogP) is 5.74. The molecule has 10 nitrogen and oxygen atoms in total. The number of carbonyl (C=O) groups is 4. The molecule has 0 radical (unpaired) electrons. The molecule has 0 bridgehead atoms. The molecular weight excluding hydrogens is 584 g/mol. The first kappa shape index (κ1) is 30.5. The first-order valence-corrected chi connectivity index (χ1v) is 14.5. The van der Waals surface area contributed by atoms with Gasteiger partial charge in [0.1, 0.15) is 29.1 Å². The Bertz CT molecular complexity index is 1740. The minimum atomic E-state index is -1.18. The number of carboxylic acid groups (broad SMARTS) is 1. The van der Waals surface area contributed by atoms with Crippen LogP contribution >= 0.6 is 11.6 Å². The highest BCUT2D eigenvalue weighted by atomic mass is 35.5. The number of amides is 3. The van der Waals surface area contributed by atoms with Crippen LogP contribution < -0.4 is 15.5 Å². The summed E-state index contributed by atoms with van der Waals surface area (Å²) in [6.07, 6.45) is 0.458. The molecule has 5 rings (SSSR count). The molecule has 44 heavy (non-hydrogen) atoms. The lowest BCUT2D eigenvalue weighted by Gasteiger charge is -2.37. The van der Waals surface area contributed by atoms with Gasteiger partial charge in [-0.25, -0.2) is 4.79 Å². The third kappa shape index (κ3) is 6.21. The van der Waals surface area contributed by atoms with E-state index in [1.54, 1.807) is 61.5 Å². The second-order valence-electron chi connectivity index (χ2n) is 11.0. The molecule has 1 aromatic heterocycles. The number of aryl methyl sites for hydroxylation is 1. The zero-order chi connectivity index (χ0) is 31.5. The van der Waals surface area contributed by atoms with Gasteiger partial charge in [-0.2, -0.15) is 0 Å². The third-order valence-electron chi connectivity index (χ3n) is 7.40. The summed E-state index contributed by atoms with van der Waals surface area (Å²) >= 11 is 6.43. The van der Waals surface area contributed by atoms with Crippen LogP contribution in [-0.4, -0.2) is 46.0 Å². The first-order valence-electron chi connectivity index (χ1n) is 14.1. The predicted molar refractivity (Wildman–Crippen MR) is 166 cm³/mol.